The molecule has 0 radical (unpaired) electrons. The van der Waals surface area contributed by atoms with E-state index in [9.17, 15) is 5.11 Å². The van der Waals surface area contributed by atoms with E-state index in [2.05, 4.69) is 9.97 Å². The number of rotatable bonds is 4. The highest BCUT2D eigenvalue weighted by Gasteiger charge is 2.42. The summed E-state index contributed by atoms with van der Waals surface area (Å²) in [6.45, 7) is 6.06. The second-order valence-electron chi connectivity index (χ2n) is 6.21. The summed E-state index contributed by atoms with van der Waals surface area (Å²) in [5, 5.41) is 11.3. The number of nitrogens with zero attached hydrogens (tertiary/aromatic N) is 2. The van der Waals surface area contributed by atoms with Gasteiger partial charge in [0.15, 0.2) is 0 Å². The lowest BCUT2D eigenvalue weighted by molar-refractivity contribution is -0.0647. The van der Waals surface area contributed by atoms with Gasteiger partial charge in [-0.3, -0.25) is 9.97 Å². The summed E-state index contributed by atoms with van der Waals surface area (Å²) >= 11 is 0. The van der Waals surface area contributed by atoms with Gasteiger partial charge in [0, 0.05) is 25.0 Å². The number of ether oxygens (including phenoxy) is 1. The van der Waals surface area contributed by atoms with Crippen molar-refractivity contribution in [3.05, 3.63) is 54.1 Å². The first-order chi connectivity index (χ1) is 9.87. The van der Waals surface area contributed by atoms with Crippen LogP contribution in [0.2, 0.25) is 0 Å². The van der Waals surface area contributed by atoms with E-state index in [1.165, 1.54) is 0 Å². The molecule has 4 nitrogen and oxygen atoms in total. The Balaban J connectivity index is 2.41. The fraction of sp³-hybridized carbons (Fsp3) is 0.412. The van der Waals surface area contributed by atoms with Gasteiger partial charge in [0.1, 0.15) is 5.75 Å². The molecule has 2 rings (SSSR count). The maximum atomic E-state index is 11.3. The summed E-state index contributed by atoms with van der Waals surface area (Å²) < 4.78 is 5.18. The van der Waals surface area contributed by atoms with Gasteiger partial charge in [0.25, 0.3) is 0 Å². The molecule has 0 bridgehead atoms. The molecule has 21 heavy (non-hydrogen) atoms. The van der Waals surface area contributed by atoms with E-state index in [0.29, 0.717) is 6.42 Å². The summed E-state index contributed by atoms with van der Waals surface area (Å²) in [6.07, 6.45) is 5.39. The second kappa shape index (κ2) is 5.82. The van der Waals surface area contributed by atoms with Crippen LogP contribution in [0.25, 0.3) is 0 Å². The Bertz CT molecular complexity index is 576. The minimum Gasteiger partial charge on any atom is -0.497 e. The minimum atomic E-state index is -1.03. The van der Waals surface area contributed by atoms with Crippen molar-refractivity contribution in [2.24, 2.45) is 5.41 Å². The molecule has 0 amide bonds. The Labute approximate surface area is 125 Å². The Morgan fingerprint density at radius 2 is 1.76 bits per heavy atom. The van der Waals surface area contributed by atoms with Gasteiger partial charge < -0.3 is 9.84 Å². The van der Waals surface area contributed by atoms with Gasteiger partial charge in [0.2, 0.25) is 0 Å². The number of aromatic nitrogens is 2. The normalized spacial score (nSPS) is 14.5. The Morgan fingerprint density at radius 1 is 1.10 bits per heavy atom. The number of hydrogen-bond donors (Lipinski definition) is 1. The molecule has 1 atom stereocenters. The highest BCUT2D eigenvalue weighted by Crippen LogP contribution is 2.42. The molecule has 0 aliphatic heterocycles. The van der Waals surface area contributed by atoms with Crippen molar-refractivity contribution in [3.8, 4) is 5.75 Å². The van der Waals surface area contributed by atoms with E-state index in [4.69, 9.17) is 4.74 Å². The van der Waals surface area contributed by atoms with E-state index in [1.807, 2.05) is 45.0 Å². The van der Waals surface area contributed by atoms with Crippen LogP contribution >= 0.6 is 0 Å². The molecule has 0 aliphatic carbocycles. The van der Waals surface area contributed by atoms with Crippen LogP contribution in [-0.2, 0) is 12.0 Å². The molecule has 1 N–H and O–H groups in total. The van der Waals surface area contributed by atoms with Gasteiger partial charge >= 0.3 is 0 Å². The first kappa shape index (κ1) is 15.4. The molecule has 1 unspecified atom stereocenters. The quantitative estimate of drug-likeness (QED) is 0.939. The largest absolute Gasteiger partial charge is 0.497 e. The van der Waals surface area contributed by atoms with Crippen molar-refractivity contribution in [1.29, 1.82) is 0 Å². The van der Waals surface area contributed by atoms with Crippen LogP contribution in [0, 0.1) is 5.41 Å². The third-order valence-corrected chi connectivity index (χ3v) is 3.86. The van der Waals surface area contributed by atoms with Gasteiger partial charge in [-0.2, -0.15) is 0 Å². The highest BCUT2D eigenvalue weighted by molar-refractivity contribution is 5.33. The van der Waals surface area contributed by atoms with Crippen molar-refractivity contribution in [1.82, 2.24) is 9.97 Å². The molecule has 4 heteroatoms. The zero-order valence-corrected chi connectivity index (χ0v) is 13.0. The summed E-state index contributed by atoms with van der Waals surface area (Å²) in [4.78, 5) is 8.37. The molecule has 2 aromatic rings. The number of methoxy groups -OCH3 is 1. The van der Waals surface area contributed by atoms with Crippen molar-refractivity contribution in [2.75, 3.05) is 7.11 Å². The number of hydrogen-bond acceptors (Lipinski definition) is 4. The van der Waals surface area contributed by atoms with E-state index in [-0.39, 0.29) is 5.41 Å². The van der Waals surface area contributed by atoms with Gasteiger partial charge in [0.05, 0.1) is 18.4 Å². The molecule has 0 saturated heterocycles. The van der Waals surface area contributed by atoms with E-state index in [1.54, 1.807) is 25.7 Å². The Kier molecular flexibility index (Phi) is 4.28. The van der Waals surface area contributed by atoms with Gasteiger partial charge in [-0.1, -0.05) is 32.9 Å². The summed E-state index contributed by atoms with van der Waals surface area (Å²) in [7, 11) is 1.63. The molecule has 1 aromatic heterocycles. The molecule has 1 heterocycles. The van der Waals surface area contributed by atoms with Crippen molar-refractivity contribution in [3.63, 3.8) is 0 Å². The van der Waals surface area contributed by atoms with Crippen LogP contribution in [0.3, 0.4) is 0 Å². The molecule has 0 aliphatic rings. The predicted molar refractivity (Wildman–Crippen MR) is 82.1 cm³/mol. The van der Waals surface area contributed by atoms with Crippen LogP contribution in [0.1, 0.15) is 32.0 Å². The van der Waals surface area contributed by atoms with Gasteiger partial charge in [-0.05, 0) is 23.1 Å². The van der Waals surface area contributed by atoms with Crippen LogP contribution in [-0.4, -0.2) is 22.2 Å². The fourth-order valence-electron chi connectivity index (χ4n) is 2.35. The fourth-order valence-corrected chi connectivity index (χ4v) is 2.35. The van der Waals surface area contributed by atoms with Crippen LogP contribution in [0.5, 0.6) is 5.75 Å². The molecular weight excluding hydrogens is 264 g/mol. The molecule has 1 aromatic carbocycles. The lowest BCUT2D eigenvalue weighted by Gasteiger charge is -2.40. The third-order valence-electron chi connectivity index (χ3n) is 3.86. The van der Waals surface area contributed by atoms with E-state index < -0.39 is 5.60 Å². The summed E-state index contributed by atoms with van der Waals surface area (Å²) in [5.41, 5.74) is 0.237. The lowest BCUT2D eigenvalue weighted by Crippen LogP contribution is -2.42. The van der Waals surface area contributed by atoms with E-state index >= 15 is 0 Å². The molecular formula is C17H22N2O2. The monoisotopic (exact) mass is 286 g/mol. The summed E-state index contributed by atoms with van der Waals surface area (Å²) in [6, 6.07) is 7.53. The number of benzene rings is 1. The number of aliphatic hydroxyl groups is 1. The molecule has 112 valence electrons. The first-order valence-corrected chi connectivity index (χ1v) is 6.98. The van der Waals surface area contributed by atoms with E-state index in [0.717, 1.165) is 17.0 Å². The van der Waals surface area contributed by atoms with Crippen LogP contribution in [0.15, 0.2) is 42.9 Å². The molecule has 0 saturated carbocycles. The maximum Gasteiger partial charge on any atom is 0.118 e. The van der Waals surface area contributed by atoms with Gasteiger partial charge in [-0.25, -0.2) is 0 Å². The Morgan fingerprint density at radius 3 is 2.24 bits per heavy atom. The van der Waals surface area contributed by atoms with Crippen LogP contribution in [0.4, 0.5) is 0 Å². The summed E-state index contributed by atoms with van der Waals surface area (Å²) in [5.74, 6) is 0.773. The SMILES string of the molecule is COc1ccc(C(O)(Cc2cnccn2)C(C)(C)C)cc1. The van der Waals surface area contributed by atoms with Crippen LogP contribution < -0.4 is 4.74 Å². The highest BCUT2D eigenvalue weighted by atomic mass is 16.5. The topological polar surface area (TPSA) is 55.2 Å². The molecule has 0 spiro atoms. The average molecular weight is 286 g/mol. The second-order valence-corrected chi connectivity index (χ2v) is 6.21. The van der Waals surface area contributed by atoms with Crippen molar-refractivity contribution in [2.45, 2.75) is 32.8 Å². The predicted octanol–water partition coefficient (Wildman–Crippen LogP) is 2.96. The molecule has 0 fully saturated rings. The maximum absolute atomic E-state index is 11.3. The zero-order valence-electron chi connectivity index (χ0n) is 13.0. The Hall–Kier alpha value is -1.94. The zero-order chi connectivity index (χ0) is 15.5. The van der Waals surface area contributed by atoms with Crippen molar-refractivity contribution < 1.29 is 9.84 Å². The average Bonchev–Trinajstić information content (AvgIpc) is 2.47. The van der Waals surface area contributed by atoms with Gasteiger partial charge in [-0.15, -0.1) is 0 Å². The van der Waals surface area contributed by atoms with Crippen molar-refractivity contribution >= 4 is 0 Å². The lowest BCUT2D eigenvalue weighted by atomic mass is 9.70. The standard InChI is InChI=1S/C17H22N2O2/c1-16(2,3)17(20,11-14-12-18-9-10-19-14)13-5-7-15(21-4)8-6-13/h5-10,12,20H,11H2,1-4H3. The smallest absolute Gasteiger partial charge is 0.118 e. The first-order valence-electron chi connectivity index (χ1n) is 6.98. The third kappa shape index (κ3) is 3.22. The minimum absolute atomic E-state index is 0.348.